The molecule has 0 unspecified atom stereocenters. The summed E-state index contributed by atoms with van der Waals surface area (Å²) in [6, 6.07) is 11.7. The number of hydrogen-bond donors (Lipinski definition) is 0. The van der Waals surface area contributed by atoms with E-state index in [0.29, 0.717) is 0 Å². The maximum absolute atomic E-state index is 2.38. The third-order valence-corrected chi connectivity index (χ3v) is 3.85. The number of benzene rings is 2. The zero-order valence-corrected chi connectivity index (χ0v) is 12.6. The van der Waals surface area contributed by atoms with Crippen LogP contribution >= 0.6 is 0 Å². The zero-order valence-electron chi connectivity index (χ0n) is 12.6. The summed E-state index contributed by atoms with van der Waals surface area (Å²) in [5.74, 6) is 0. The van der Waals surface area contributed by atoms with Crippen molar-refractivity contribution in [3.63, 3.8) is 0 Å². The fraction of sp³-hybridized carbons (Fsp3) is 0.474. The first-order chi connectivity index (χ1) is 9.30. The quantitative estimate of drug-likeness (QED) is 0.620. The number of hydrogen-bond acceptors (Lipinski definition) is 0. The Balaban J connectivity index is 2.51. The Morgan fingerprint density at radius 2 is 1.47 bits per heavy atom. The predicted octanol–water partition coefficient (Wildman–Crippen LogP) is 5.70. The van der Waals surface area contributed by atoms with Crippen LogP contribution in [0.2, 0.25) is 0 Å². The molecular weight excluding hydrogens is 228 g/mol. The summed E-state index contributed by atoms with van der Waals surface area (Å²) >= 11 is 0. The first-order valence-corrected chi connectivity index (χ1v) is 7.83. The fourth-order valence-corrected chi connectivity index (χ4v) is 2.98. The molecule has 0 fully saturated rings. The highest BCUT2D eigenvalue weighted by Gasteiger charge is 2.07. The summed E-state index contributed by atoms with van der Waals surface area (Å²) in [6.07, 6.45) is 7.29. The van der Waals surface area contributed by atoms with Crippen molar-refractivity contribution in [3.8, 4) is 0 Å². The van der Waals surface area contributed by atoms with E-state index >= 15 is 0 Å². The van der Waals surface area contributed by atoms with Crippen molar-refractivity contribution in [1.82, 2.24) is 0 Å². The molecule has 0 bridgehead atoms. The summed E-state index contributed by atoms with van der Waals surface area (Å²) in [5, 5.41) is 2.90. The second-order valence-electron chi connectivity index (χ2n) is 5.51. The second kappa shape index (κ2) is 6.75. The van der Waals surface area contributed by atoms with Crippen LogP contribution in [-0.2, 0) is 19.3 Å². The Morgan fingerprint density at radius 1 is 0.737 bits per heavy atom. The van der Waals surface area contributed by atoms with Crippen LogP contribution in [0.15, 0.2) is 30.3 Å². The predicted molar refractivity (Wildman–Crippen MR) is 85.9 cm³/mol. The molecule has 2 aromatic carbocycles. The number of rotatable bonds is 6. The molecule has 2 rings (SSSR count). The van der Waals surface area contributed by atoms with E-state index < -0.39 is 0 Å². The van der Waals surface area contributed by atoms with Crippen molar-refractivity contribution in [1.29, 1.82) is 0 Å². The Bertz CT molecular complexity index is 537. The first kappa shape index (κ1) is 14.1. The van der Waals surface area contributed by atoms with Crippen molar-refractivity contribution in [2.45, 2.75) is 59.3 Å². The van der Waals surface area contributed by atoms with Gasteiger partial charge in [0, 0.05) is 0 Å². The van der Waals surface area contributed by atoms with Gasteiger partial charge in [0.05, 0.1) is 0 Å². The normalized spacial score (nSPS) is 11.1. The molecule has 0 radical (unpaired) electrons. The Morgan fingerprint density at radius 3 is 2.16 bits per heavy atom. The van der Waals surface area contributed by atoms with Gasteiger partial charge in [-0.25, -0.2) is 0 Å². The zero-order chi connectivity index (χ0) is 13.7. The summed E-state index contributed by atoms with van der Waals surface area (Å²) in [7, 11) is 0. The lowest BCUT2D eigenvalue weighted by atomic mass is 9.92. The summed E-state index contributed by atoms with van der Waals surface area (Å²) < 4.78 is 0. The first-order valence-electron chi connectivity index (χ1n) is 7.83. The van der Waals surface area contributed by atoms with Gasteiger partial charge in [0.2, 0.25) is 0 Å². The highest BCUT2D eigenvalue weighted by molar-refractivity contribution is 5.87. The molecule has 0 heteroatoms. The maximum Gasteiger partial charge on any atom is -0.0149 e. The third-order valence-electron chi connectivity index (χ3n) is 3.85. The lowest BCUT2D eigenvalue weighted by Gasteiger charge is -2.13. The Labute approximate surface area is 117 Å². The molecule has 0 aliphatic carbocycles. The van der Waals surface area contributed by atoms with E-state index in [9.17, 15) is 0 Å². The van der Waals surface area contributed by atoms with E-state index in [1.54, 1.807) is 11.1 Å². The highest BCUT2D eigenvalue weighted by Crippen LogP contribution is 2.26. The molecule has 2 aromatic rings. The Hall–Kier alpha value is -1.30. The van der Waals surface area contributed by atoms with E-state index in [0.717, 1.165) is 0 Å². The van der Waals surface area contributed by atoms with Gasteiger partial charge in [0.25, 0.3) is 0 Å². The van der Waals surface area contributed by atoms with E-state index in [-0.39, 0.29) is 0 Å². The summed E-state index contributed by atoms with van der Waals surface area (Å²) in [4.78, 5) is 0. The average Bonchev–Trinajstić information content (AvgIpc) is 2.42. The van der Waals surface area contributed by atoms with Crippen molar-refractivity contribution < 1.29 is 0 Å². The largest absolute Gasteiger partial charge is 0.0651 e. The van der Waals surface area contributed by atoms with Gasteiger partial charge < -0.3 is 0 Å². The number of aryl methyl sites for hydroxylation is 3. The lowest BCUT2D eigenvalue weighted by molar-refractivity contribution is 0.868. The lowest BCUT2D eigenvalue weighted by Crippen LogP contribution is -1.96. The molecule has 102 valence electrons. The van der Waals surface area contributed by atoms with Crippen molar-refractivity contribution in [3.05, 3.63) is 47.0 Å². The molecule has 0 saturated carbocycles. The summed E-state index contributed by atoms with van der Waals surface area (Å²) in [6.45, 7) is 6.79. The molecule has 0 aliphatic heterocycles. The van der Waals surface area contributed by atoms with Crippen LogP contribution in [-0.4, -0.2) is 0 Å². The van der Waals surface area contributed by atoms with Crippen molar-refractivity contribution >= 4 is 10.8 Å². The van der Waals surface area contributed by atoms with Crippen molar-refractivity contribution in [2.24, 2.45) is 0 Å². The van der Waals surface area contributed by atoms with Crippen LogP contribution in [0.4, 0.5) is 0 Å². The van der Waals surface area contributed by atoms with Gasteiger partial charge in [-0.3, -0.25) is 0 Å². The molecule has 0 heterocycles. The van der Waals surface area contributed by atoms with Crippen LogP contribution in [0.25, 0.3) is 10.8 Å². The standard InChI is InChI=1S/C19H26/c1-4-7-15-10-13-19-17(14-15)12-11-16(8-5-2)18(19)9-6-3/h10-14H,4-9H2,1-3H3. The molecule has 0 saturated heterocycles. The fourth-order valence-electron chi connectivity index (χ4n) is 2.98. The minimum absolute atomic E-state index is 1.19. The van der Waals surface area contributed by atoms with Gasteiger partial charge in [-0.2, -0.15) is 0 Å². The van der Waals surface area contributed by atoms with Gasteiger partial charge in [0.15, 0.2) is 0 Å². The van der Waals surface area contributed by atoms with E-state index in [1.807, 2.05) is 0 Å². The van der Waals surface area contributed by atoms with Gasteiger partial charge in [-0.15, -0.1) is 0 Å². The third kappa shape index (κ3) is 3.18. The monoisotopic (exact) mass is 254 g/mol. The van der Waals surface area contributed by atoms with E-state index in [1.165, 1.54) is 54.9 Å². The summed E-state index contributed by atoms with van der Waals surface area (Å²) in [5.41, 5.74) is 4.62. The van der Waals surface area contributed by atoms with Crippen LogP contribution in [0.5, 0.6) is 0 Å². The van der Waals surface area contributed by atoms with Gasteiger partial charge in [0.1, 0.15) is 0 Å². The average molecular weight is 254 g/mol. The van der Waals surface area contributed by atoms with Crippen LogP contribution in [0.1, 0.15) is 56.7 Å². The molecule has 0 aromatic heterocycles. The van der Waals surface area contributed by atoms with Gasteiger partial charge >= 0.3 is 0 Å². The van der Waals surface area contributed by atoms with E-state index in [2.05, 4.69) is 51.1 Å². The SMILES string of the molecule is CCCc1ccc2c(CCC)c(CCC)ccc2c1. The number of fused-ring (bicyclic) bond motifs is 1. The molecule has 0 N–H and O–H groups in total. The molecule has 0 amide bonds. The minimum atomic E-state index is 1.19. The second-order valence-corrected chi connectivity index (χ2v) is 5.51. The van der Waals surface area contributed by atoms with Crippen LogP contribution in [0, 0.1) is 0 Å². The highest BCUT2D eigenvalue weighted by atomic mass is 14.1. The topological polar surface area (TPSA) is 0 Å². The van der Waals surface area contributed by atoms with Gasteiger partial charge in [-0.05, 0) is 46.7 Å². The van der Waals surface area contributed by atoms with Gasteiger partial charge in [-0.1, -0.05) is 70.4 Å². The smallest absolute Gasteiger partial charge is 0.0149 e. The minimum Gasteiger partial charge on any atom is -0.0651 e. The molecule has 0 nitrogen and oxygen atoms in total. The molecule has 19 heavy (non-hydrogen) atoms. The van der Waals surface area contributed by atoms with Crippen LogP contribution in [0.3, 0.4) is 0 Å². The Kier molecular flexibility index (Phi) is 5.01. The molecule has 0 spiro atoms. The molecule has 0 atom stereocenters. The maximum atomic E-state index is 2.38. The van der Waals surface area contributed by atoms with Crippen molar-refractivity contribution in [2.75, 3.05) is 0 Å². The van der Waals surface area contributed by atoms with E-state index in [4.69, 9.17) is 0 Å². The molecule has 0 aliphatic rings. The molecular formula is C19H26. The van der Waals surface area contributed by atoms with Crippen LogP contribution < -0.4 is 0 Å².